The second kappa shape index (κ2) is 8.91. The summed E-state index contributed by atoms with van der Waals surface area (Å²) in [5.74, 6) is -1.77. The lowest BCUT2D eigenvalue weighted by Gasteiger charge is -2.14. The van der Waals surface area contributed by atoms with Gasteiger partial charge >= 0.3 is 12.1 Å². The topological polar surface area (TPSA) is 90.2 Å². The second-order valence-corrected chi connectivity index (χ2v) is 5.23. The lowest BCUT2D eigenvalue weighted by Crippen LogP contribution is -2.41. The molecule has 0 bridgehead atoms. The molecule has 0 heterocycles. The number of benzene rings is 1. The summed E-state index contributed by atoms with van der Waals surface area (Å²) in [7, 11) is 0. The summed E-state index contributed by atoms with van der Waals surface area (Å²) >= 11 is 0. The van der Waals surface area contributed by atoms with Crippen molar-refractivity contribution in [3.63, 3.8) is 0 Å². The number of nitrogens with one attached hydrogen (secondary N) is 1. The van der Waals surface area contributed by atoms with E-state index in [0.717, 1.165) is 12.1 Å². The third-order valence-corrected chi connectivity index (χ3v) is 3.31. The van der Waals surface area contributed by atoms with Crippen LogP contribution in [0, 0.1) is 11.3 Å². The highest BCUT2D eigenvalue weighted by molar-refractivity contribution is 5.84. The molecule has 1 atom stereocenters. The van der Waals surface area contributed by atoms with Gasteiger partial charge in [0.2, 0.25) is 5.91 Å². The summed E-state index contributed by atoms with van der Waals surface area (Å²) in [6.07, 6.45) is -3.14. The maximum Gasteiger partial charge on any atom is 0.416 e. The highest BCUT2D eigenvalue weighted by Gasteiger charge is 2.30. The van der Waals surface area contributed by atoms with Crippen LogP contribution in [0.25, 0.3) is 0 Å². The summed E-state index contributed by atoms with van der Waals surface area (Å²) in [6, 6.07) is 4.99. The minimum Gasteiger partial charge on any atom is -0.480 e. The fourth-order valence-corrected chi connectivity index (χ4v) is 2.05. The van der Waals surface area contributed by atoms with Crippen LogP contribution in [0.2, 0.25) is 0 Å². The smallest absolute Gasteiger partial charge is 0.416 e. The largest absolute Gasteiger partial charge is 0.480 e. The fourth-order valence-electron chi connectivity index (χ4n) is 2.05. The molecule has 5 nitrogen and oxygen atoms in total. The average Bonchev–Trinajstić information content (AvgIpc) is 2.49. The second-order valence-electron chi connectivity index (χ2n) is 5.23. The van der Waals surface area contributed by atoms with E-state index in [2.05, 4.69) is 5.32 Å². The monoisotopic (exact) mass is 342 g/mol. The number of amides is 1. The van der Waals surface area contributed by atoms with Crippen molar-refractivity contribution in [2.45, 2.75) is 44.3 Å². The SMILES string of the molecule is N#CCCCC[C@H](NC(=O)Cc1ccc(C(F)(F)F)cc1)C(=O)O. The van der Waals surface area contributed by atoms with Gasteiger partial charge in [-0.1, -0.05) is 12.1 Å². The average molecular weight is 342 g/mol. The van der Waals surface area contributed by atoms with Gasteiger partial charge in [0.15, 0.2) is 0 Å². The Balaban J connectivity index is 2.56. The van der Waals surface area contributed by atoms with E-state index in [1.807, 2.05) is 6.07 Å². The minimum atomic E-state index is -4.45. The Morgan fingerprint density at radius 3 is 2.33 bits per heavy atom. The Hall–Kier alpha value is -2.56. The molecule has 1 aromatic carbocycles. The first-order valence-electron chi connectivity index (χ1n) is 7.29. The molecule has 1 amide bonds. The van der Waals surface area contributed by atoms with Crippen LogP contribution >= 0.6 is 0 Å². The highest BCUT2D eigenvalue weighted by Crippen LogP contribution is 2.29. The van der Waals surface area contributed by atoms with Crippen LogP contribution in [0.1, 0.15) is 36.8 Å². The lowest BCUT2D eigenvalue weighted by molar-refractivity contribution is -0.142. The quantitative estimate of drug-likeness (QED) is 0.711. The van der Waals surface area contributed by atoms with Crippen molar-refractivity contribution in [3.8, 4) is 6.07 Å². The lowest BCUT2D eigenvalue weighted by atomic mass is 10.1. The normalized spacial score (nSPS) is 12.2. The van der Waals surface area contributed by atoms with Crippen molar-refractivity contribution in [2.75, 3.05) is 0 Å². The summed E-state index contributed by atoms with van der Waals surface area (Å²) < 4.78 is 37.4. The molecule has 0 unspecified atom stereocenters. The van der Waals surface area contributed by atoms with Gasteiger partial charge in [0.25, 0.3) is 0 Å². The van der Waals surface area contributed by atoms with Gasteiger partial charge in [0.1, 0.15) is 6.04 Å². The number of carbonyl (C=O) groups is 2. The van der Waals surface area contributed by atoms with Gasteiger partial charge in [-0.05, 0) is 37.0 Å². The highest BCUT2D eigenvalue weighted by atomic mass is 19.4. The van der Waals surface area contributed by atoms with E-state index in [-0.39, 0.29) is 12.8 Å². The zero-order valence-corrected chi connectivity index (χ0v) is 12.8. The number of nitriles is 1. The number of aliphatic carboxylic acids is 1. The third-order valence-electron chi connectivity index (χ3n) is 3.31. The van der Waals surface area contributed by atoms with Crippen molar-refractivity contribution in [1.82, 2.24) is 5.32 Å². The molecule has 0 aliphatic rings. The van der Waals surface area contributed by atoms with Gasteiger partial charge < -0.3 is 10.4 Å². The van der Waals surface area contributed by atoms with Crippen LogP contribution < -0.4 is 5.32 Å². The first-order chi connectivity index (χ1) is 11.2. The Morgan fingerprint density at radius 2 is 1.83 bits per heavy atom. The summed E-state index contributed by atoms with van der Waals surface area (Å²) in [5, 5.41) is 19.8. The Bertz CT molecular complexity index is 606. The van der Waals surface area contributed by atoms with Gasteiger partial charge in [-0.25, -0.2) is 4.79 Å². The molecule has 0 spiro atoms. The molecule has 0 aromatic heterocycles. The Kier molecular flexibility index (Phi) is 7.24. The van der Waals surface area contributed by atoms with Crippen molar-refractivity contribution < 1.29 is 27.9 Å². The number of alkyl halides is 3. The molecule has 8 heteroatoms. The maximum atomic E-state index is 12.5. The molecular weight excluding hydrogens is 325 g/mol. The number of rotatable bonds is 8. The molecule has 2 N–H and O–H groups in total. The first-order valence-corrected chi connectivity index (χ1v) is 7.29. The molecule has 0 aliphatic carbocycles. The molecule has 0 saturated heterocycles. The summed E-state index contributed by atoms with van der Waals surface area (Å²) in [4.78, 5) is 23.0. The van der Waals surface area contributed by atoms with E-state index in [9.17, 15) is 22.8 Å². The number of carboxylic acid groups (broad SMARTS) is 1. The molecule has 130 valence electrons. The van der Waals surface area contributed by atoms with Gasteiger partial charge in [-0.3, -0.25) is 4.79 Å². The van der Waals surface area contributed by atoms with Crippen LogP contribution in [0.4, 0.5) is 13.2 Å². The Morgan fingerprint density at radius 1 is 1.21 bits per heavy atom. The zero-order valence-electron chi connectivity index (χ0n) is 12.8. The molecule has 1 rings (SSSR count). The minimum absolute atomic E-state index is 0.190. The van der Waals surface area contributed by atoms with Crippen LogP contribution in [-0.4, -0.2) is 23.0 Å². The van der Waals surface area contributed by atoms with E-state index >= 15 is 0 Å². The van der Waals surface area contributed by atoms with Gasteiger partial charge in [-0.2, -0.15) is 18.4 Å². The van der Waals surface area contributed by atoms with Gasteiger partial charge in [0.05, 0.1) is 18.1 Å². The molecule has 1 aromatic rings. The van der Waals surface area contributed by atoms with E-state index < -0.39 is 29.7 Å². The summed E-state index contributed by atoms with van der Waals surface area (Å²) in [5.41, 5.74) is -0.457. The zero-order chi connectivity index (χ0) is 18.2. The Labute approximate surface area is 137 Å². The van der Waals surface area contributed by atoms with E-state index in [0.29, 0.717) is 24.8 Å². The van der Waals surface area contributed by atoms with Crippen LogP contribution in [-0.2, 0) is 22.2 Å². The predicted octanol–water partition coefficient (Wildman–Crippen LogP) is 2.90. The number of hydrogen-bond acceptors (Lipinski definition) is 3. The third kappa shape index (κ3) is 6.69. The van der Waals surface area contributed by atoms with Crippen LogP contribution in [0.5, 0.6) is 0 Å². The predicted molar refractivity (Wildman–Crippen MR) is 78.8 cm³/mol. The van der Waals surface area contributed by atoms with Gasteiger partial charge in [-0.15, -0.1) is 0 Å². The molecule has 0 saturated carbocycles. The molecule has 0 radical (unpaired) electrons. The fraction of sp³-hybridized carbons (Fsp3) is 0.438. The van der Waals surface area contributed by atoms with E-state index in [4.69, 9.17) is 10.4 Å². The maximum absolute atomic E-state index is 12.5. The molecular formula is C16H17F3N2O3. The van der Waals surface area contributed by atoms with Gasteiger partial charge in [0, 0.05) is 6.42 Å². The number of hydrogen-bond donors (Lipinski definition) is 2. The van der Waals surface area contributed by atoms with E-state index in [1.165, 1.54) is 12.1 Å². The van der Waals surface area contributed by atoms with E-state index in [1.54, 1.807) is 0 Å². The number of carbonyl (C=O) groups excluding carboxylic acids is 1. The van der Waals surface area contributed by atoms with Crippen molar-refractivity contribution in [2.24, 2.45) is 0 Å². The number of nitrogens with zero attached hydrogens (tertiary/aromatic N) is 1. The van der Waals surface area contributed by atoms with Crippen LogP contribution in [0.3, 0.4) is 0 Å². The first kappa shape index (κ1) is 19.5. The molecule has 0 fully saturated rings. The number of unbranched alkanes of at least 4 members (excludes halogenated alkanes) is 2. The van der Waals surface area contributed by atoms with Crippen LogP contribution in [0.15, 0.2) is 24.3 Å². The summed E-state index contributed by atoms with van der Waals surface area (Å²) in [6.45, 7) is 0. The molecule has 24 heavy (non-hydrogen) atoms. The van der Waals surface area contributed by atoms with Crippen molar-refractivity contribution in [3.05, 3.63) is 35.4 Å². The number of halogens is 3. The van der Waals surface area contributed by atoms with Crippen molar-refractivity contribution in [1.29, 1.82) is 5.26 Å². The standard InChI is InChI=1S/C16H17F3N2O3/c17-16(18,19)12-7-5-11(6-8-12)10-14(22)21-13(15(23)24)4-2-1-3-9-20/h5-8,13H,1-4,10H2,(H,21,22)(H,23,24)/t13-/m0/s1. The molecule has 0 aliphatic heterocycles. The number of carboxylic acids is 1. The van der Waals surface area contributed by atoms with Crippen molar-refractivity contribution >= 4 is 11.9 Å².